The minimum atomic E-state index is -0.400. The molecule has 5 heteroatoms. The van der Waals surface area contributed by atoms with Gasteiger partial charge in [0.15, 0.2) is 0 Å². The number of carbonyl (C=O) groups is 1. The molecule has 0 radical (unpaired) electrons. The van der Waals surface area contributed by atoms with Crippen LogP contribution in [-0.2, 0) is 4.74 Å². The normalized spacial score (nSPS) is 26.3. The largest absolute Gasteiger partial charge is 0.444 e. The Labute approximate surface area is 133 Å². The van der Waals surface area contributed by atoms with E-state index in [4.69, 9.17) is 4.74 Å². The molecular weight excluding hydrogens is 284 g/mol. The lowest BCUT2D eigenvalue weighted by Gasteiger charge is -2.28. The van der Waals surface area contributed by atoms with Crippen molar-refractivity contribution < 1.29 is 9.53 Å². The monoisotopic (exact) mass is 314 g/mol. The number of rotatable bonds is 5. The fourth-order valence-electron chi connectivity index (χ4n) is 3.02. The minimum absolute atomic E-state index is 0.141. The molecule has 2 heterocycles. The predicted molar refractivity (Wildman–Crippen MR) is 88.9 cm³/mol. The molecule has 2 aliphatic heterocycles. The van der Waals surface area contributed by atoms with Crippen LogP contribution in [-0.4, -0.2) is 53.8 Å². The number of carbonyl (C=O) groups excluding carboxylic acids is 1. The van der Waals surface area contributed by atoms with Crippen molar-refractivity contribution in [3.05, 3.63) is 0 Å². The third-order valence-corrected chi connectivity index (χ3v) is 5.35. The first-order valence-electron chi connectivity index (χ1n) is 8.24. The molecule has 122 valence electrons. The Balaban J connectivity index is 1.67. The summed E-state index contributed by atoms with van der Waals surface area (Å²) in [6, 6.07) is 0.352. The van der Waals surface area contributed by atoms with Crippen LogP contribution in [0.25, 0.3) is 0 Å². The second-order valence-corrected chi connectivity index (χ2v) is 8.34. The number of likely N-dealkylation sites (tertiary alicyclic amines) is 1. The smallest absolute Gasteiger partial charge is 0.410 e. The summed E-state index contributed by atoms with van der Waals surface area (Å²) in [5.41, 5.74) is -0.400. The number of nitrogens with zero attached hydrogens (tertiary/aromatic N) is 1. The maximum atomic E-state index is 12.2. The van der Waals surface area contributed by atoms with Crippen molar-refractivity contribution in [2.45, 2.75) is 58.1 Å². The van der Waals surface area contributed by atoms with E-state index in [-0.39, 0.29) is 6.09 Å². The van der Waals surface area contributed by atoms with E-state index in [1.165, 1.54) is 17.9 Å². The fourth-order valence-corrected chi connectivity index (χ4v) is 4.30. The zero-order chi connectivity index (χ0) is 15.3. The van der Waals surface area contributed by atoms with Gasteiger partial charge in [-0.1, -0.05) is 0 Å². The Bertz CT molecular complexity index is 338. The molecule has 0 bridgehead atoms. The highest BCUT2D eigenvalue weighted by Crippen LogP contribution is 2.24. The van der Waals surface area contributed by atoms with Gasteiger partial charge in [0.1, 0.15) is 5.60 Å². The third kappa shape index (κ3) is 5.70. The van der Waals surface area contributed by atoms with E-state index in [9.17, 15) is 4.79 Å². The van der Waals surface area contributed by atoms with Crippen LogP contribution in [0, 0.1) is 5.92 Å². The van der Waals surface area contributed by atoms with Crippen molar-refractivity contribution in [2.75, 3.05) is 31.1 Å². The molecule has 0 aromatic rings. The van der Waals surface area contributed by atoms with Crippen LogP contribution in [0.4, 0.5) is 4.79 Å². The van der Waals surface area contributed by atoms with Gasteiger partial charge in [0.05, 0.1) is 0 Å². The Morgan fingerprint density at radius 3 is 2.86 bits per heavy atom. The second kappa shape index (κ2) is 7.73. The first-order valence-corrected chi connectivity index (χ1v) is 9.39. The van der Waals surface area contributed by atoms with E-state index in [2.05, 4.69) is 17.1 Å². The molecule has 0 aromatic carbocycles. The quantitative estimate of drug-likeness (QED) is 0.792. The summed E-state index contributed by atoms with van der Waals surface area (Å²) < 4.78 is 5.50. The average molecular weight is 314 g/mol. The molecule has 1 N–H and O–H groups in total. The van der Waals surface area contributed by atoms with E-state index in [0.29, 0.717) is 6.04 Å². The minimum Gasteiger partial charge on any atom is -0.444 e. The van der Waals surface area contributed by atoms with E-state index in [1.807, 2.05) is 25.7 Å². The van der Waals surface area contributed by atoms with Gasteiger partial charge in [-0.05, 0) is 77.0 Å². The lowest BCUT2D eigenvalue weighted by Crippen LogP contribution is -2.41. The van der Waals surface area contributed by atoms with Crippen molar-refractivity contribution >= 4 is 17.9 Å². The van der Waals surface area contributed by atoms with Gasteiger partial charge in [0.25, 0.3) is 0 Å². The number of amides is 1. The lowest BCUT2D eigenvalue weighted by atomic mass is 10.1. The molecule has 0 aliphatic carbocycles. The molecule has 2 saturated heterocycles. The molecular formula is C16H30N2O2S. The highest BCUT2D eigenvalue weighted by Gasteiger charge is 2.31. The summed E-state index contributed by atoms with van der Waals surface area (Å²) in [5.74, 6) is 3.47. The van der Waals surface area contributed by atoms with Gasteiger partial charge < -0.3 is 15.0 Å². The predicted octanol–water partition coefficient (Wildman–Crippen LogP) is 3.12. The van der Waals surface area contributed by atoms with E-state index in [1.54, 1.807) is 0 Å². The molecule has 0 aromatic heterocycles. The summed E-state index contributed by atoms with van der Waals surface area (Å²) in [4.78, 5) is 14.1. The first-order chi connectivity index (χ1) is 9.96. The van der Waals surface area contributed by atoms with Gasteiger partial charge in [-0.25, -0.2) is 4.79 Å². The molecule has 4 nitrogen and oxygen atoms in total. The standard InChI is InChI=1S/C16H30N2O2S/c1-16(2,3)20-15(19)18-9-4-5-14(18)6-8-17-11-13-7-10-21-12-13/h13-14,17H,4-12H2,1-3H3. The molecule has 2 fully saturated rings. The summed E-state index contributed by atoms with van der Waals surface area (Å²) in [7, 11) is 0. The van der Waals surface area contributed by atoms with Crippen LogP contribution >= 0.6 is 11.8 Å². The van der Waals surface area contributed by atoms with Gasteiger partial charge in [0.2, 0.25) is 0 Å². The molecule has 21 heavy (non-hydrogen) atoms. The van der Waals surface area contributed by atoms with E-state index < -0.39 is 5.60 Å². The van der Waals surface area contributed by atoms with Crippen LogP contribution in [0.15, 0.2) is 0 Å². The van der Waals surface area contributed by atoms with Crippen molar-refractivity contribution in [1.29, 1.82) is 0 Å². The summed E-state index contributed by atoms with van der Waals surface area (Å²) in [6.45, 7) is 8.77. The van der Waals surface area contributed by atoms with Crippen molar-refractivity contribution in [2.24, 2.45) is 5.92 Å². The van der Waals surface area contributed by atoms with Crippen molar-refractivity contribution in [3.63, 3.8) is 0 Å². The number of nitrogens with one attached hydrogen (secondary N) is 1. The van der Waals surface area contributed by atoms with Gasteiger partial charge in [-0.2, -0.15) is 11.8 Å². The Kier molecular flexibility index (Phi) is 6.23. The number of hydrogen-bond donors (Lipinski definition) is 1. The van der Waals surface area contributed by atoms with E-state index >= 15 is 0 Å². The van der Waals surface area contributed by atoms with Gasteiger partial charge in [-0.3, -0.25) is 0 Å². The Morgan fingerprint density at radius 2 is 2.19 bits per heavy atom. The average Bonchev–Trinajstić information content (AvgIpc) is 3.04. The zero-order valence-electron chi connectivity index (χ0n) is 13.7. The summed E-state index contributed by atoms with van der Waals surface area (Å²) in [5, 5.41) is 3.57. The lowest BCUT2D eigenvalue weighted by molar-refractivity contribution is 0.0220. The van der Waals surface area contributed by atoms with Gasteiger partial charge >= 0.3 is 6.09 Å². The topological polar surface area (TPSA) is 41.6 Å². The highest BCUT2D eigenvalue weighted by atomic mass is 32.2. The Morgan fingerprint density at radius 1 is 1.38 bits per heavy atom. The number of hydrogen-bond acceptors (Lipinski definition) is 4. The number of ether oxygens (including phenoxy) is 1. The molecule has 0 spiro atoms. The van der Waals surface area contributed by atoms with Gasteiger partial charge in [0, 0.05) is 12.6 Å². The molecule has 2 unspecified atom stereocenters. The van der Waals surface area contributed by atoms with Crippen LogP contribution < -0.4 is 5.32 Å². The first kappa shape index (κ1) is 16.9. The second-order valence-electron chi connectivity index (χ2n) is 7.19. The van der Waals surface area contributed by atoms with E-state index in [0.717, 1.165) is 44.8 Å². The number of thioether (sulfide) groups is 1. The van der Waals surface area contributed by atoms with Crippen molar-refractivity contribution in [3.8, 4) is 0 Å². The molecule has 2 aliphatic rings. The molecule has 2 rings (SSSR count). The molecule has 0 saturated carbocycles. The molecule has 1 amide bonds. The van der Waals surface area contributed by atoms with Gasteiger partial charge in [-0.15, -0.1) is 0 Å². The fraction of sp³-hybridized carbons (Fsp3) is 0.938. The maximum Gasteiger partial charge on any atom is 0.410 e. The maximum absolute atomic E-state index is 12.2. The Hall–Kier alpha value is -0.420. The van der Waals surface area contributed by atoms with Crippen LogP contribution in [0.5, 0.6) is 0 Å². The van der Waals surface area contributed by atoms with Crippen LogP contribution in [0.2, 0.25) is 0 Å². The van der Waals surface area contributed by atoms with Crippen molar-refractivity contribution in [1.82, 2.24) is 10.2 Å². The molecule has 2 atom stereocenters. The third-order valence-electron chi connectivity index (χ3n) is 4.12. The van der Waals surface area contributed by atoms with Crippen LogP contribution in [0.1, 0.15) is 46.5 Å². The highest BCUT2D eigenvalue weighted by molar-refractivity contribution is 7.99. The summed E-state index contributed by atoms with van der Waals surface area (Å²) in [6.07, 6.45) is 4.46. The summed E-state index contributed by atoms with van der Waals surface area (Å²) >= 11 is 2.07. The zero-order valence-corrected chi connectivity index (χ0v) is 14.5. The van der Waals surface area contributed by atoms with Crippen LogP contribution in [0.3, 0.4) is 0 Å². The SMILES string of the molecule is CC(C)(C)OC(=O)N1CCCC1CCNCC1CCSC1.